The minimum absolute atomic E-state index is 0.0218. The van der Waals surface area contributed by atoms with Gasteiger partial charge in [-0.15, -0.1) is 0 Å². The molecule has 0 unspecified atom stereocenters. The molecule has 1 amide bonds. The van der Waals surface area contributed by atoms with Gasteiger partial charge in [0.25, 0.3) is 11.6 Å². The number of aromatic nitrogens is 1. The van der Waals surface area contributed by atoms with E-state index in [1.54, 1.807) is 37.4 Å². The maximum atomic E-state index is 13.1. The van der Waals surface area contributed by atoms with E-state index in [9.17, 15) is 14.9 Å². The van der Waals surface area contributed by atoms with Crippen LogP contribution in [0.5, 0.6) is 5.75 Å². The highest BCUT2D eigenvalue weighted by Crippen LogP contribution is 2.33. The molecular weight excluding hydrogens is 454 g/mol. The topological polar surface area (TPSA) is 94.4 Å². The molecule has 36 heavy (non-hydrogen) atoms. The number of pyridine rings is 1. The summed E-state index contributed by atoms with van der Waals surface area (Å²) in [5.41, 5.74) is 5.11. The summed E-state index contributed by atoms with van der Waals surface area (Å²) in [6, 6.07) is 30.7. The summed E-state index contributed by atoms with van der Waals surface area (Å²) in [4.78, 5) is 28.5. The van der Waals surface area contributed by atoms with E-state index < -0.39 is 4.92 Å². The van der Waals surface area contributed by atoms with Gasteiger partial charge in [-0.05, 0) is 59.7 Å². The number of non-ortho nitro benzene ring substituents is 1. The lowest BCUT2D eigenvalue weighted by molar-refractivity contribution is -0.384. The molecular formula is C29H21N3O4. The normalized spacial score (nSPS) is 10.7. The van der Waals surface area contributed by atoms with Crippen molar-refractivity contribution in [2.75, 3.05) is 12.4 Å². The van der Waals surface area contributed by atoms with Crippen molar-refractivity contribution in [3.05, 3.63) is 119 Å². The minimum atomic E-state index is -0.426. The highest BCUT2D eigenvalue weighted by atomic mass is 16.6. The number of hydrogen-bond donors (Lipinski definition) is 1. The Morgan fingerprint density at radius 3 is 2.31 bits per heavy atom. The zero-order valence-electron chi connectivity index (χ0n) is 19.3. The Morgan fingerprint density at radius 1 is 0.861 bits per heavy atom. The smallest absolute Gasteiger partial charge is 0.269 e. The third-order valence-electron chi connectivity index (χ3n) is 5.88. The first-order valence-electron chi connectivity index (χ1n) is 11.2. The van der Waals surface area contributed by atoms with E-state index >= 15 is 0 Å². The Bertz CT molecular complexity index is 1580. The SMILES string of the molecule is COc1ccccc1NC(=O)c1ccc2nc(-c3ccc([N+](=O)[O-])cc3)cc(-c3ccccc3)c2c1. The molecule has 0 atom stereocenters. The number of hydrogen-bond acceptors (Lipinski definition) is 5. The van der Waals surface area contributed by atoms with Crippen molar-refractivity contribution in [1.29, 1.82) is 0 Å². The summed E-state index contributed by atoms with van der Waals surface area (Å²) < 4.78 is 5.34. The van der Waals surface area contributed by atoms with Crippen molar-refractivity contribution in [3.8, 4) is 28.1 Å². The van der Waals surface area contributed by atoms with Crippen LogP contribution in [0.3, 0.4) is 0 Å². The van der Waals surface area contributed by atoms with E-state index in [0.29, 0.717) is 28.2 Å². The standard InChI is InChI=1S/C29H21N3O4/c1-36-28-10-6-5-9-26(28)31-29(33)21-13-16-25-24(17-21)23(19-7-3-2-4-8-19)18-27(30-25)20-11-14-22(15-12-20)32(34)35/h2-18H,1H3,(H,31,33). The third-order valence-corrected chi connectivity index (χ3v) is 5.88. The Balaban J connectivity index is 1.60. The molecule has 1 heterocycles. The van der Waals surface area contributed by atoms with Crippen LogP contribution in [-0.2, 0) is 0 Å². The Labute approximate surface area is 207 Å². The summed E-state index contributed by atoms with van der Waals surface area (Å²) in [7, 11) is 1.56. The van der Waals surface area contributed by atoms with Crippen LogP contribution < -0.4 is 10.1 Å². The second kappa shape index (κ2) is 9.68. The first-order chi connectivity index (χ1) is 17.5. The van der Waals surface area contributed by atoms with Gasteiger partial charge in [0, 0.05) is 28.6 Å². The number of amides is 1. The van der Waals surface area contributed by atoms with Gasteiger partial charge < -0.3 is 10.1 Å². The molecule has 0 radical (unpaired) electrons. The van der Waals surface area contributed by atoms with Crippen LogP contribution in [0.15, 0.2) is 103 Å². The molecule has 4 aromatic carbocycles. The quantitative estimate of drug-likeness (QED) is 0.217. The van der Waals surface area contributed by atoms with E-state index in [1.807, 2.05) is 60.7 Å². The number of nitro groups is 1. The van der Waals surface area contributed by atoms with Gasteiger partial charge in [0.2, 0.25) is 0 Å². The van der Waals surface area contributed by atoms with Gasteiger partial charge in [-0.25, -0.2) is 4.98 Å². The van der Waals surface area contributed by atoms with Crippen LogP contribution in [-0.4, -0.2) is 22.9 Å². The van der Waals surface area contributed by atoms with Crippen molar-refractivity contribution in [2.24, 2.45) is 0 Å². The number of benzene rings is 4. The number of nitro benzene ring substituents is 1. The van der Waals surface area contributed by atoms with Gasteiger partial charge in [0.05, 0.1) is 28.9 Å². The maximum absolute atomic E-state index is 13.1. The molecule has 0 spiro atoms. The molecule has 1 N–H and O–H groups in total. The molecule has 0 aliphatic heterocycles. The fourth-order valence-corrected chi connectivity index (χ4v) is 4.07. The largest absolute Gasteiger partial charge is 0.495 e. The molecule has 0 saturated carbocycles. The van der Waals surface area contributed by atoms with Crippen molar-refractivity contribution in [3.63, 3.8) is 0 Å². The van der Waals surface area contributed by atoms with E-state index in [4.69, 9.17) is 9.72 Å². The predicted molar refractivity (Wildman–Crippen MR) is 140 cm³/mol. The van der Waals surface area contributed by atoms with E-state index in [2.05, 4.69) is 5.32 Å². The molecule has 5 aromatic rings. The van der Waals surface area contributed by atoms with Crippen LogP contribution in [0.25, 0.3) is 33.3 Å². The lowest BCUT2D eigenvalue weighted by Gasteiger charge is -2.13. The Morgan fingerprint density at radius 2 is 1.58 bits per heavy atom. The molecule has 0 bridgehead atoms. The van der Waals surface area contributed by atoms with Crippen LogP contribution in [0.2, 0.25) is 0 Å². The third kappa shape index (κ3) is 4.50. The van der Waals surface area contributed by atoms with Crippen molar-refractivity contribution < 1.29 is 14.5 Å². The molecule has 5 rings (SSSR count). The van der Waals surface area contributed by atoms with Gasteiger partial charge in [-0.1, -0.05) is 42.5 Å². The first-order valence-corrected chi connectivity index (χ1v) is 11.2. The maximum Gasteiger partial charge on any atom is 0.269 e. The van der Waals surface area contributed by atoms with Gasteiger partial charge in [-0.2, -0.15) is 0 Å². The number of para-hydroxylation sites is 2. The highest BCUT2D eigenvalue weighted by Gasteiger charge is 2.15. The lowest BCUT2D eigenvalue weighted by atomic mass is 9.97. The van der Waals surface area contributed by atoms with E-state index in [0.717, 1.165) is 22.1 Å². The first kappa shape index (κ1) is 22.7. The van der Waals surface area contributed by atoms with Crippen LogP contribution in [0, 0.1) is 10.1 Å². The van der Waals surface area contributed by atoms with Gasteiger partial charge in [-0.3, -0.25) is 14.9 Å². The molecule has 7 nitrogen and oxygen atoms in total. The van der Waals surface area contributed by atoms with Gasteiger partial charge in [0.15, 0.2) is 0 Å². The summed E-state index contributed by atoms with van der Waals surface area (Å²) in [6.45, 7) is 0. The lowest BCUT2D eigenvalue weighted by Crippen LogP contribution is -2.12. The molecule has 0 aliphatic rings. The summed E-state index contributed by atoms with van der Waals surface area (Å²) >= 11 is 0. The Kier molecular flexibility index (Phi) is 6.11. The van der Waals surface area contributed by atoms with Crippen LogP contribution in [0.1, 0.15) is 10.4 Å². The number of rotatable bonds is 6. The highest BCUT2D eigenvalue weighted by molar-refractivity contribution is 6.08. The molecule has 0 saturated heterocycles. The number of nitrogens with one attached hydrogen (secondary N) is 1. The number of fused-ring (bicyclic) bond motifs is 1. The number of carbonyl (C=O) groups excluding carboxylic acids is 1. The zero-order chi connectivity index (χ0) is 25.1. The summed E-state index contributed by atoms with van der Waals surface area (Å²) in [6.07, 6.45) is 0. The minimum Gasteiger partial charge on any atom is -0.495 e. The zero-order valence-corrected chi connectivity index (χ0v) is 19.3. The second-order valence-electron chi connectivity index (χ2n) is 8.11. The molecule has 0 aliphatic carbocycles. The predicted octanol–water partition coefficient (Wildman–Crippen LogP) is 6.74. The van der Waals surface area contributed by atoms with E-state index in [-0.39, 0.29) is 11.6 Å². The molecule has 0 fully saturated rings. The van der Waals surface area contributed by atoms with Crippen molar-refractivity contribution in [1.82, 2.24) is 4.98 Å². The number of carbonyl (C=O) groups is 1. The molecule has 1 aromatic heterocycles. The summed E-state index contributed by atoms with van der Waals surface area (Å²) in [5.74, 6) is 0.311. The van der Waals surface area contributed by atoms with Crippen LogP contribution >= 0.6 is 0 Å². The average molecular weight is 476 g/mol. The number of methoxy groups -OCH3 is 1. The summed E-state index contributed by atoms with van der Waals surface area (Å²) in [5, 5.41) is 14.8. The fourth-order valence-electron chi connectivity index (χ4n) is 4.07. The van der Waals surface area contributed by atoms with Gasteiger partial charge >= 0.3 is 0 Å². The number of nitrogens with zero attached hydrogens (tertiary/aromatic N) is 2. The average Bonchev–Trinajstić information content (AvgIpc) is 2.93. The van der Waals surface area contributed by atoms with Crippen molar-refractivity contribution >= 4 is 28.2 Å². The Hall–Kier alpha value is -5.04. The van der Waals surface area contributed by atoms with Gasteiger partial charge in [0.1, 0.15) is 5.75 Å². The number of anilines is 1. The number of ether oxygens (including phenoxy) is 1. The van der Waals surface area contributed by atoms with Crippen molar-refractivity contribution in [2.45, 2.75) is 0 Å². The molecule has 7 heteroatoms. The fraction of sp³-hybridized carbons (Fsp3) is 0.0345. The second-order valence-corrected chi connectivity index (χ2v) is 8.11. The monoisotopic (exact) mass is 475 g/mol. The van der Waals surface area contributed by atoms with E-state index in [1.165, 1.54) is 12.1 Å². The van der Waals surface area contributed by atoms with Crippen LogP contribution in [0.4, 0.5) is 11.4 Å². The molecule has 176 valence electrons.